The fourth-order valence-electron chi connectivity index (χ4n) is 3.56. The van der Waals surface area contributed by atoms with Crippen molar-refractivity contribution in [2.45, 2.75) is 44.8 Å². The second kappa shape index (κ2) is 8.46. The van der Waals surface area contributed by atoms with Crippen molar-refractivity contribution in [1.29, 1.82) is 0 Å². The van der Waals surface area contributed by atoms with Crippen molar-refractivity contribution in [2.24, 2.45) is 5.92 Å². The number of amides is 3. The van der Waals surface area contributed by atoms with E-state index < -0.39 is 0 Å². The molecule has 0 radical (unpaired) electrons. The van der Waals surface area contributed by atoms with Crippen LogP contribution >= 0.6 is 0 Å². The van der Waals surface area contributed by atoms with Gasteiger partial charge in [-0.2, -0.15) is 5.10 Å². The lowest BCUT2D eigenvalue weighted by Crippen LogP contribution is -2.49. The third kappa shape index (κ3) is 4.91. The van der Waals surface area contributed by atoms with Gasteiger partial charge in [-0.25, -0.2) is 4.79 Å². The Labute approximate surface area is 165 Å². The molecule has 0 bridgehead atoms. The van der Waals surface area contributed by atoms with Crippen molar-refractivity contribution in [3.05, 3.63) is 53.9 Å². The second-order valence-electron chi connectivity index (χ2n) is 7.72. The molecule has 0 spiro atoms. The van der Waals surface area contributed by atoms with Gasteiger partial charge >= 0.3 is 6.03 Å². The van der Waals surface area contributed by atoms with E-state index in [4.69, 9.17) is 0 Å². The van der Waals surface area contributed by atoms with E-state index >= 15 is 0 Å². The van der Waals surface area contributed by atoms with E-state index in [-0.39, 0.29) is 17.9 Å². The Kier molecular flexibility index (Phi) is 5.60. The number of hydrogen-bond donors (Lipinski definition) is 2. The molecule has 3 amide bonds. The molecule has 7 heteroatoms. The number of nitrogens with zero attached hydrogens (tertiary/aromatic N) is 3. The first kappa shape index (κ1) is 18.5. The van der Waals surface area contributed by atoms with Crippen molar-refractivity contribution in [3.8, 4) is 0 Å². The molecular formula is C21H27N5O2. The first-order chi connectivity index (χ1) is 13.7. The van der Waals surface area contributed by atoms with Crippen LogP contribution in [0.15, 0.2) is 42.6 Å². The molecule has 2 fully saturated rings. The summed E-state index contributed by atoms with van der Waals surface area (Å²) in [6.45, 7) is 2.28. The normalized spacial score (nSPS) is 19.3. The van der Waals surface area contributed by atoms with Crippen LogP contribution in [-0.4, -0.2) is 45.8 Å². The molecule has 28 heavy (non-hydrogen) atoms. The van der Waals surface area contributed by atoms with Crippen LogP contribution in [0.5, 0.6) is 0 Å². The van der Waals surface area contributed by atoms with Gasteiger partial charge in [-0.15, -0.1) is 0 Å². The zero-order valence-electron chi connectivity index (χ0n) is 16.0. The summed E-state index contributed by atoms with van der Waals surface area (Å²) in [7, 11) is 0. The molecule has 7 nitrogen and oxygen atoms in total. The van der Waals surface area contributed by atoms with E-state index in [1.165, 1.54) is 5.56 Å². The molecule has 2 heterocycles. The van der Waals surface area contributed by atoms with Gasteiger partial charge in [0.2, 0.25) is 5.91 Å². The lowest BCUT2D eigenvalue weighted by atomic mass is 9.97. The molecule has 1 saturated carbocycles. The van der Waals surface area contributed by atoms with Gasteiger partial charge in [0.1, 0.15) is 0 Å². The molecule has 148 valence electrons. The molecule has 2 aromatic rings. The molecule has 2 aliphatic rings. The number of rotatable bonds is 6. The summed E-state index contributed by atoms with van der Waals surface area (Å²) in [5.41, 5.74) is 2.01. The van der Waals surface area contributed by atoms with Crippen molar-refractivity contribution < 1.29 is 9.59 Å². The summed E-state index contributed by atoms with van der Waals surface area (Å²) in [6, 6.07) is 12.3. The first-order valence-electron chi connectivity index (χ1n) is 10.1. The third-order valence-corrected chi connectivity index (χ3v) is 5.31. The number of carbonyl (C=O) groups is 2. The van der Waals surface area contributed by atoms with Gasteiger partial charge in [-0.05, 0) is 37.3 Å². The fourth-order valence-corrected chi connectivity index (χ4v) is 3.56. The number of likely N-dealkylation sites (tertiary alicyclic amines) is 1. The maximum absolute atomic E-state index is 12.5. The lowest BCUT2D eigenvalue weighted by molar-refractivity contribution is -0.126. The van der Waals surface area contributed by atoms with Gasteiger partial charge in [0, 0.05) is 25.3 Å². The number of piperidine rings is 1. The largest absolute Gasteiger partial charge is 0.353 e. The summed E-state index contributed by atoms with van der Waals surface area (Å²) in [6.07, 6.45) is 5.81. The molecule has 1 aliphatic carbocycles. The molecule has 1 saturated heterocycles. The molecule has 2 N–H and O–H groups in total. The predicted octanol–water partition coefficient (Wildman–Crippen LogP) is 2.13. The Morgan fingerprint density at radius 2 is 1.93 bits per heavy atom. The van der Waals surface area contributed by atoms with Gasteiger partial charge < -0.3 is 15.5 Å². The summed E-state index contributed by atoms with van der Waals surface area (Å²) in [5.74, 6) is 0.00448. The van der Waals surface area contributed by atoms with Gasteiger partial charge in [0.25, 0.3) is 0 Å². The quantitative estimate of drug-likeness (QED) is 0.805. The second-order valence-corrected chi connectivity index (χ2v) is 7.72. The van der Waals surface area contributed by atoms with Crippen LogP contribution in [0, 0.1) is 5.92 Å². The Morgan fingerprint density at radius 1 is 1.11 bits per heavy atom. The molecule has 1 atom stereocenters. The predicted molar refractivity (Wildman–Crippen MR) is 105 cm³/mol. The minimum absolute atomic E-state index is 0.0924. The minimum Gasteiger partial charge on any atom is -0.353 e. The van der Waals surface area contributed by atoms with Crippen LogP contribution in [0.1, 0.15) is 36.9 Å². The SMILES string of the molecule is O=C(NC1CC1)C1CCCN(C(=O)NCc2ccn(Cc3ccccc3)n2)C1. The zero-order valence-corrected chi connectivity index (χ0v) is 16.0. The van der Waals surface area contributed by atoms with E-state index in [1.807, 2.05) is 35.1 Å². The minimum atomic E-state index is -0.124. The highest BCUT2D eigenvalue weighted by atomic mass is 16.2. The monoisotopic (exact) mass is 381 g/mol. The third-order valence-electron chi connectivity index (χ3n) is 5.31. The van der Waals surface area contributed by atoms with E-state index in [0.717, 1.165) is 31.4 Å². The Bertz CT molecular complexity index is 815. The summed E-state index contributed by atoms with van der Waals surface area (Å²) in [5, 5.41) is 10.5. The fraction of sp³-hybridized carbons (Fsp3) is 0.476. The topological polar surface area (TPSA) is 79.3 Å². The van der Waals surface area contributed by atoms with Gasteiger partial charge in [0.05, 0.1) is 24.7 Å². The average molecular weight is 381 g/mol. The summed E-state index contributed by atoms with van der Waals surface area (Å²) < 4.78 is 1.87. The molecule has 1 unspecified atom stereocenters. The number of hydrogen-bond acceptors (Lipinski definition) is 3. The highest BCUT2D eigenvalue weighted by molar-refractivity contribution is 5.81. The van der Waals surface area contributed by atoms with Gasteiger partial charge in [-0.3, -0.25) is 9.48 Å². The van der Waals surface area contributed by atoms with Crippen molar-refractivity contribution in [1.82, 2.24) is 25.3 Å². The molecule has 1 aliphatic heterocycles. The van der Waals surface area contributed by atoms with Crippen LogP contribution in [-0.2, 0) is 17.9 Å². The lowest BCUT2D eigenvalue weighted by Gasteiger charge is -2.32. The summed E-state index contributed by atoms with van der Waals surface area (Å²) in [4.78, 5) is 26.5. The molecule has 1 aromatic carbocycles. The highest BCUT2D eigenvalue weighted by Gasteiger charge is 2.31. The van der Waals surface area contributed by atoms with Gasteiger partial charge in [-0.1, -0.05) is 30.3 Å². The molecular weight excluding hydrogens is 354 g/mol. The van der Waals surface area contributed by atoms with Crippen molar-refractivity contribution in [3.63, 3.8) is 0 Å². The zero-order chi connectivity index (χ0) is 19.3. The highest BCUT2D eigenvalue weighted by Crippen LogP contribution is 2.22. The number of nitrogens with one attached hydrogen (secondary N) is 2. The van der Waals surface area contributed by atoms with E-state index in [1.54, 1.807) is 4.90 Å². The van der Waals surface area contributed by atoms with E-state index in [0.29, 0.717) is 32.2 Å². The van der Waals surface area contributed by atoms with Crippen LogP contribution in [0.2, 0.25) is 0 Å². The van der Waals surface area contributed by atoms with E-state index in [2.05, 4.69) is 27.9 Å². The van der Waals surface area contributed by atoms with Crippen LogP contribution < -0.4 is 10.6 Å². The standard InChI is InChI=1S/C21H27N5O2/c27-20(23-18-8-9-18)17-7-4-11-25(15-17)21(28)22-13-19-10-12-26(24-19)14-16-5-2-1-3-6-16/h1-3,5-6,10,12,17-18H,4,7-9,11,13-15H2,(H,22,28)(H,23,27). The summed E-state index contributed by atoms with van der Waals surface area (Å²) >= 11 is 0. The first-order valence-corrected chi connectivity index (χ1v) is 10.1. The number of benzene rings is 1. The van der Waals surface area contributed by atoms with Crippen molar-refractivity contribution in [2.75, 3.05) is 13.1 Å². The smallest absolute Gasteiger partial charge is 0.317 e. The Morgan fingerprint density at radius 3 is 2.71 bits per heavy atom. The van der Waals surface area contributed by atoms with E-state index in [9.17, 15) is 9.59 Å². The molecule has 4 rings (SSSR count). The number of carbonyl (C=O) groups excluding carboxylic acids is 2. The maximum Gasteiger partial charge on any atom is 0.317 e. The van der Waals surface area contributed by atoms with Gasteiger partial charge in [0.15, 0.2) is 0 Å². The Hall–Kier alpha value is -2.83. The van der Waals surface area contributed by atoms with Crippen LogP contribution in [0.25, 0.3) is 0 Å². The van der Waals surface area contributed by atoms with Crippen molar-refractivity contribution >= 4 is 11.9 Å². The number of urea groups is 1. The van der Waals surface area contributed by atoms with Crippen LogP contribution in [0.4, 0.5) is 4.79 Å². The average Bonchev–Trinajstić information content (AvgIpc) is 3.43. The molecule has 1 aromatic heterocycles. The number of aromatic nitrogens is 2. The maximum atomic E-state index is 12.5. The van der Waals surface area contributed by atoms with Crippen LogP contribution in [0.3, 0.4) is 0 Å². The Balaban J connectivity index is 1.25.